The Morgan fingerprint density at radius 2 is 1.93 bits per heavy atom. The molecule has 90 valence electrons. The van der Waals surface area contributed by atoms with Crippen molar-refractivity contribution in [3.8, 4) is 0 Å². The van der Waals surface area contributed by atoms with Crippen molar-refractivity contribution < 1.29 is 13.5 Å². The Labute approximate surface area is 92.8 Å². The third-order valence-corrected chi connectivity index (χ3v) is 4.41. The monoisotopic (exact) mass is 234 g/mol. The lowest BCUT2D eigenvalue weighted by molar-refractivity contribution is -0.0925. The van der Waals surface area contributed by atoms with Crippen LogP contribution in [0.15, 0.2) is 0 Å². The van der Waals surface area contributed by atoms with Gasteiger partial charge in [0, 0.05) is 12.0 Å². The summed E-state index contributed by atoms with van der Waals surface area (Å²) in [6.45, 7) is 4.33. The van der Waals surface area contributed by atoms with Gasteiger partial charge in [0.1, 0.15) is 9.84 Å². The fourth-order valence-corrected chi connectivity index (χ4v) is 2.92. The van der Waals surface area contributed by atoms with Gasteiger partial charge >= 0.3 is 0 Å². The van der Waals surface area contributed by atoms with E-state index in [0.29, 0.717) is 24.7 Å². The van der Waals surface area contributed by atoms with Gasteiger partial charge in [0.2, 0.25) is 0 Å². The molecule has 1 aliphatic rings. The summed E-state index contributed by atoms with van der Waals surface area (Å²) in [5.74, 6) is 1.44. The van der Waals surface area contributed by atoms with Gasteiger partial charge in [-0.2, -0.15) is 0 Å². The third-order valence-electron chi connectivity index (χ3n) is 3.38. The van der Waals surface area contributed by atoms with Gasteiger partial charge in [0.05, 0.1) is 5.60 Å². The SMILES string of the molecule is CC(C)C1CC(O)(CCCS(C)(=O)=O)C1. The van der Waals surface area contributed by atoms with Crippen LogP contribution < -0.4 is 0 Å². The van der Waals surface area contributed by atoms with Crippen LogP contribution in [0, 0.1) is 11.8 Å². The fourth-order valence-electron chi connectivity index (χ4n) is 2.26. The van der Waals surface area contributed by atoms with E-state index in [4.69, 9.17) is 0 Å². The van der Waals surface area contributed by atoms with Crippen molar-refractivity contribution in [3.63, 3.8) is 0 Å². The van der Waals surface area contributed by atoms with Crippen LogP contribution in [0.1, 0.15) is 39.5 Å². The molecule has 0 aromatic rings. The van der Waals surface area contributed by atoms with Crippen molar-refractivity contribution in [3.05, 3.63) is 0 Å². The van der Waals surface area contributed by atoms with Gasteiger partial charge in [-0.15, -0.1) is 0 Å². The van der Waals surface area contributed by atoms with E-state index in [1.54, 1.807) is 0 Å². The van der Waals surface area contributed by atoms with Crippen LogP contribution in [0.2, 0.25) is 0 Å². The second kappa shape index (κ2) is 4.42. The average Bonchev–Trinajstić information content (AvgIpc) is 1.96. The zero-order valence-electron chi connectivity index (χ0n) is 9.86. The standard InChI is InChI=1S/C11H22O3S/c1-9(2)10-7-11(12,8-10)5-4-6-15(3,13)14/h9-10,12H,4-8H2,1-3H3. The summed E-state index contributed by atoms with van der Waals surface area (Å²) in [5.41, 5.74) is -0.570. The summed E-state index contributed by atoms with van der Waals surface area (Å²) < 4.78 is 21.8. The third kappa shape index (κ3) is 4.11. The van der Waals surface area contributed by atoms with Crippen LogP contribution in [0.5, 0.6) is 0 Å². The van der Waals surface area contributed by atoms with Crippen molar-refractivity contribution in [2.45, 2.75) is 45.1 Å². The molecule has 1 aliphatic carbocycles. The molecule has 0 atom stereocenters. The quantitative estimate of drug-likeness (QED) is 0.786. The van der Waals surface area contributed by atoms with Gasteiger partial charge in [-0.3, -0.25) is 0 Å². The predicted octanol–water partition coefficient (Wildman–Crippen LogP) is 1.61. The molecule has 0 aromatic carbocycles. The molecule has 4 heteroatoms. The van der Waals surface area contributed by atoms with Crippen molar-refractivity contribution in [1.82, 2.24) is 0 Å². The van der Waals surface area contributed by atoms with E-state index < -0.39 is 15.4 Å². The summed E-state index contributed by atoms with van der Waals surface area (Å²) in [7, 11) is -2.87. The van der Waals surface area contributed by atoms with Gasteiger partial charge in [0.15, 0.2) is 0 Å². The molecule has 0 unspecified atom stereocenters. The van der Waals surface area contributed by atoms with Crippen molar-refractivity contribution in [2.24, 2.45) is 11.8 Å². The number of sulfone groups is 1. The molecule has 0 aliphatic heterocycles. The van der Waals surface area contributed by atoms with E-state index in [1.165, 1.54) is 6.26 Å². The Balaban J connectivity index is 2.24. The molecule has 0 spiro atoms. The van der Waals surface area contributed by atoms with Crippen molar-refractivity contribution >= 4 is 9.84 Å². The van der Waals surface area contributed by atoms with Gasteiger partial charge in [-0.05, 0) is 37.5 Å². The first kappa shape index (κ1) is 13.0. The second-order valence-electron chi connectivity index (χ2n) is 5.37. The maximum absolute atomic E-state index is 10.9. The van der Waals surface area contributed by atoms with Gasteiger partial charge < -0.3 is 5.11 Å². The highest BCUT2D eigenvalue weighted by Gasteiger charge is 2.42. The van der Waals surface area contributed by atoms with Gasteiger partial charge in [-0.25, -0.2) is 8.42 Å². The van der Waals surface area contributed by atoms with E-state index in [0.717, 1.165) is 12.8 Å². The minimum Gasteiger partial charge on any atom is -0.390 e. The van der Waals surface area contributed by atoms with Crippen LogP contribution in [0.25, 0.3) is 0 Å². The Kier molecular flexibility index (Phi) is 3.82. The lowest BCUT2D eigenvalue weighted by Gasteiger charge is -2.46. The van der Waals surface area contributed by atoms with E-state index in [1.807, 2.05) is 0 Å². The normalized spacial score (nSPS) is 31.7. The minimum absolute atomic E-state index is 0.196. The molecule has 3 nitrogen and oxygen atoms in total. The van der Waals surface area contributed by atoms with E-state index in [-0.39, 0.29) is 5.75 Å². The largest absolute Gasteiger partial charge is 0.390 e. The predicted molar refractivity (Wildman–Crippen MR) is 61.5 cm³/mol. The van der Waals surface area contributed by atoms with Crippen molar-refractivity contribution in [1.29, 1.82) is 0 Å². The zero-order valence-corrected chi connectivity index (χ0v) is 10.7. The first-order valence-electron chi connectivity index (χ1n) is 5.62. The average molecular weight is 234 g/mol. The summed E-state index contributed by atoms with van der Waals surface area (Å²) in [5, 5.41) is 10.0. The highest BCUT2D eigenvalue weighted by molar-refractivity contribution is 7.90. The lowest BCUT2D eigenvalue weighted by atomic mass is 9.65. The number of rotatable bonds is 5. The highest BCUT2D eigenvalue weighted by Crippen LogP contribution is 2.44. The molecule has 1 N–H and O–H groups in total. The number of hydrogen-bond donors (Lipinski definition) is 1. The minimum atomic E-state index is -2.87. The highest BCUT2D eigenvalue weighted by atomic mass is 32.2. The molecule has 0 amide bonds. The molecule has 0 saturated heterocycles. The molecule has 1 saturated carbocycles. The van der Waals surface area contributed by atoms with E-state index >= 15 is 0 Å². The second-order valence-corrected chi connectivity index (χ2v) is 7.63. The summed E-state index contributed by atoms with van der Waals surface area (Å²) in [4.78, 5) is 0. The summed E-state index contributed by atoms with van der Waals surface area (Å²) in [6, 6.07) is 0. The Morgan fingerprint density at radius 1 is 1.40 bits per heavy atom. The Hall–Kier alpha value is -0.0900. The van der Waals surface area contributed by atoms with Crippen LogP contribution in [0.3, 0.4) is 0 Å². The first-order valence-corrected chi connectivity index (χ1v) is 7.68. The molecular weight excluding hydrogens is 212 g/mol. The fraction of sp³-hybridized carbons (Fsp3) is 1.00. The zero-order chi connectivity index (χ0) is 11.7. The first-order chi connectivity index (χ1) is 6.72. The smallest absolute Gasteiger partial charge is 0.147 e. The van der Waals surface area contributed by atoms with E-state index in [9.17, 15) is 13.5 Å². The molecule has 0 heterocycles. The molecule has 0 radical (unpaired) electrons. The molecule has 0 bridgehead atoms. The number of hydrogen-bond acceptors (Lipinski definition) is 3. The number of aliphatic hydroxyl groups is 1. The molecular formula is C11H22O3S. The summed E-state index contributed by atoms with van der Waals surface area (Å²) >= 11 is 0. The van der Waals surface area contributed by atoms with Gasteiger partial charge in [-0.1, -0.05) is 13.8 Å². The van der Waals surface area contributed by atoms with Crippen molar-refractivity contribution in [2.75, 3.05) is 12.0 Å². The Bertz CT molecular complexity index is 300. The summed E-state index contributed by atoms with van der Waals surface area (Å²) in [6.07, 6.45) is 4.14. The maximum Gasteiger partial charge on any atom is 0.147 e. The van der Waals surface area contributed by atoms with Crippen LogP contribution >= 0.6 is 0 Å². The van der Waals surface area contributed by atoms with Crippen LogP contribution in [0.4, 0.5) is 0 Å². The molecule has 15 heavy (non-hydrogen) atoms. The van der Waals surface area contributed by atoms with Crippen LogP contribution in [-0.4, -0.2) is 31.1 Å². The molecule has 0 aromatic heterocycles. The lowest BCUT2D eigenvalue weighted by Crippen LogP contribution is -2.45. The van der Waals surface area contributed by atoms with Crippen LogP contribution in [-0.2, 0) is 9.84 Å². The maximum atomic E-state index is 10.9. The molecule has 1 fully saturated rings. The Morgan fingerprint density at radius 3 is 2.33 bits per heavy atom. The molecule has 1 rings (SSSR count). The topological polar surface area (TPSA) is 54.4 Å². The van der Waals surface area contributed by atoms with Gasteiger partial charge in [0.25, 0.3) is 0 Å². The van der Waals surface area contributed by atoms with E-state index in [2.05, 4.69) is 13.8 Å².